The molecule has 1 atom stereocenters. The second-order valence-corrected chi connectivity index (χ2v) is 7.94. The molecule has 1 amide bonds. The van der Waals surface area contributed by atoms with E-state index in [1.807, 2.05) is 36.4 Å². The number of nitrogens with one attached hydrogen (secondary N) is 1. The summed E-state index contributed by atoms with van der Waals surface area (Å²) >= 11 is 12.0. The fourth-order valence-corrected chi connectivity index (χ4v) is 3.64. The van der Waals surface area contributed by atoms with Crippen LogP contribution in [0.15, 0.2) is 76.2 Å². The normalized spacial score (nSPS) is 15.2. The van der Waals surface area contributed by atoms with Crippen molar-refractivity contribution in [1.29, 1.82) is 0 Å². The van der Waals surface area contributed by atoms with Crippen LogP contribution in [-0.2, 0) is 4.79 Å². The van der Waals surface area contributed by atoms with Crippen LogP contribution in [0, 0.1) is 0 Å². The Morgan fingerprint density at radius 2 is 1.75 bits per heavy atom. The van der Waals surface area contributed by atoms with E-state index in [2.05, 4.69) is 10.5 Å². The fourth-order valence-electron chi connectivity index (χ4n) is 3.34. The molecular weight excluding hydrogens is 451 g/mol. The van der Waals surface area contributed by atoms with Crippen molar-refractivity contribution in [2.24, 2.45) is 5.10 Å². The molecule has 8 heteroatoms. The number of carbonyl (C=O) groups is 1. The topological polar surface area (TPSA) is 73.1 Å². The van der Waals surface area contributed by atoms with Gasteiger partial charge in [-0.15, -0.1) is 0 Å². The van der Waals surface area contributed by atoms with Gasteiger partial charge >= 0.3 is 0 Å². The van der Waals surface area contributed by atoms with Gasteiger partial charge in [0.2, 0.25) is 6.10 Å². The number of hydrogen-bond acceptors (Lipinski definition) is 5. The molecule has 0 spiro atoms. The van der Waals surface area contributed by atoms with Crippen LogP contribution >= 0.6 is 23.2 Å². The molecule has 1 N–H and O–H groups in total. The smallest absolute Gasteiger partial charge is 0.284 e. The average molecular weight is 467 g/mol. The van der Waals surface area contributed by atoms with E-state index in [1.54, 1.807) is 30.3 Å². The Morgan fingerprint density at radius 1 is 0.969 bits per heavy atom. The van der Waals surface area contributed by atoms with E-state index in [-0.39, 0.29) is 6.61 Å². The molecular formula is C24H16Cl2N2O4. The molecule has 2 heterocycles. The average Bonchev–Trinajstić information content (AvgIpc) is 3.28. The Hall–Kier alpha value is -3.48. The third kappa shape index (κ3) is 4.15. The third-order valence-electron chi connectivity index (χ3n) is 4.96. The number of fused-ring (bicyclic) bond motifs is 2. The molecule has 0 fully saturated rings. The number of furan rings is 1. The second kappa shape index (κ2) is 8.57. The van der Waals surface area contributed by atoms with E-state index in [0.29, 0.717) is 33.1 Å². The highest BCUT2D eigenvalue weighted by Gasteiger charge is 2.27. The summed E-state index contributed by atoms with van der Waals surface area (Å²) in [6.07, 6.45) is 0.591. The van der Waals surface area contributed by atoms with Crippen LogP contribution < -0.4 is 14.9 Å². The monoisotopic (exact) mass is 466 g/mol. The number of carbonyl (C=O) groups excluding carboxylic acids is 1. The predicted molar refractivity (Wildman–Crippen MR) is 124 cm³/mol. The number of amides is 1. The lowest BCUT2D eigenvalue weighted by atomic mass is 10.1. The highest BCUT2D eigenvalue weighted by molar-refractivity contribution is 6.42. The number of rotatable bonds is 4. The van der Waals surface area contributed by atoms with Gasteiger partial charge in [-0.25, -0.2) is 5.43 Å². The zero-order valence-corrected chi connectivity index (χ0v) is 18.1. The summed E-state index contributed by atoms with van der Waals surface area (Å²) < 4.78 is 17.3. The number of hydrogen-bond donors (Lipinski definition) is 1. The first kappa shape index (κ1) is 20.4. The molecule has 0 bridgehead atoms. The Morgan fingerprint density at radius 3 is 2.53 bits per heavy atom. The summed E-state index contributed by atoms with van der Waals surface area (Å²) in [6, 6.07) is 20.4. The van der Waals surface area contributed by atoms with E-state index >= 15 is 0 Å². The van der Waals surface area contributed by atoms with E-state index in [0.717, 1.165) is 16.3 Å². The maximum atomic E-state index is 12.5. The van der Waals surface area contributed by atoms with Gasteiger partial charge in [0.25, 0.3) is 5.91 Å². The van der Waals surface area contributed by atoms with Crippen molar-refractivity contribution in [2.75, 3.05) is 6.61 Å². The minimum Gasteiger partial charge on any atom is -0.485 e. The summed E-state index contributed by atoms with van der Waals surface area (Å²) in [4.78, 5) is 12.5. The van der Waals surface area contributed by atoms with Crippen LogP contribution in [0.5, 0.6) is 11.5 Å². The quantitative estimate of drug-likeness (QED) is 0.309. The van der Waals surface area contributed by atoms with Crippen molar-refractivity contribution in [3.05, 3.63) is 82.5 Å². The lowest BCUT2D eigenvalue weighted by Gasteiger charge is -2.25. The molecule has 0 unspecified atom stereocenters. The maximum absolute atomic E-state index is 12.5. The first-order chi connectivity index (χ1) is 15.6. The molecule has 1 aliphatic heterocycles. The Bertz CT molecular complexity index is 1350. The molecule has 32 heavy (non-hydrogen) atoms. The summed E-state index contributed by atoms with van der Waals surface area (Å²) in [5.41, 5.74) is 3.24. The van der Waals surface area contributed by atoms with Crippen molar-refractivity contribution in [2.45, 2.75) is 6.10 Å². The molecule has 160 valence electrons. The van der Waals surface area contributed by atoms with Gasteiger partial charge < -0.3 is 13.9 Å². The Balaban J connectivity index is 1.23. The summed E-state index contributed by atoms with van der Waals surface area (Å²) in [5.74, 6) is 1.78. The van der Waals surface area contributed by atoms with Gasteiger partial charge in [0.1, 0.15) is 18.1 Å². The van der Waals surface area contributed by atoms with E-state index in [9.17, 15) is 4.79 Å². The zero-order valence-electron chi connectivity index (χ0n) is 16.5. The molecule has 1 aromatic heterocycles. The predicted octanol–water partition coefficient (Wildman–Crippen LogP) is 5.70. The first-order valence-corrected chi connectivity index (χ1v) is 10.5. The van der Waals surface area contributed by atoms with E-state index in [1.165, 1.54) is 6.21 Å². The number of nitrogens with zero attached hydrogens (tertiary/aromatic N) is 1. The molecule has 6 nitrogen and oxygen atoms in total. The van der Waals surface area contributed by atoms with Crippen molar-refractivity contribution >= 4 is 46.1 Å². The lowest BCUT2D eigenvalue weighted by Crippen LogP contribution is -2.42. The standard InChI is InChI=1S/C24H16Cl2N2O4/c25-18-7-5-16(9-19(18)26)20-8-6-17(31-20)12-27-28-24(29)23-13-30-21-10-14-3-1-2-4-15(14)11-22(21)32-23/h1-12,23H,13H2,(H,28,29)/b27-12+/t23-/m1/s1. The number of hydrazone groups is 1. The van der Waals surface area contributed by atoms with Gasteiger partial charge in [-0.2, -0.15) is 5.10 Å². The minimum absolute atomic E-state index is 0.0922. The van der Waals surface area contributed by atoms with E-state index in [4.69, 9.17) is 37.1 Å². The van der Waals surface area contributed by atoms with Gasteiger partial charge in [0.15, 0.2) is 11.5 Å². The lowest BCUT2D eigenvalue weighted by molar-refractivity contribution is -0.130. The number of benzene rings is 3. The Labute approximate surface area is 193 Å². The number of ether oxygens (including phenoxy) is 2. The van der Waals surface area contributed by atoms with Crippen LogP contribution in [0.2, 0.25) is 10.0 Å². The van der Waals surface area contributed by atoms with Crippen LogP contribution in [0.3, 0.4) is 0 Å². The third-order valence-corrected chi connectivity index (χ3v) is 5.70. The van der Waals surface area contributed by atoms with Crippen LogP contribution in [-0.4, -0.2) is 24.8 Å². The summed E-state index contributed by atoms with van der Waals surface area (Å²) in [7, 11) is 0. The Kier molecular flexibility index (Phi) is 5.47. The second-order valence-electron chi connectivity index (χ2n) is 7.13. The molecule has 4 aromatic rings. The molecule has 0 radical (unpaired) electrons. The number of halogens is 2. The molecule has 3 aromatic carbocycles. The molecule has 5 rings (SSSR count). The molecule has 0 aliphatic carbocycles. The SMILES string of the molecule is O=C(N/N=C/c1ccc(-c2ccc(Cl)c(Cl)c2)o1)[C@H]1COc2cc3ccccc3cc2O1. The highest BCUT2D eigenvalue weighted by Crippen LogP contribution is 2.36. The fraction of sp³-hybridized carbons (Fsp3) is 0.0833. The van der Waals surface area contributed by atoms with Crippen LogP contribution in [0.1, 0.15) is 5.76 Å². The van der Waals surface area contributed by atoms with Gasteiger partial charge in [0, 0.05) is 5.56 Å². The molecule has 0 saturated heterocycles. The van der Waals surface area contributed by atoms with Gasteiger partial charge in [-0.3, -0.25) is 4.79 Å². The van der Waals surface area contributed by atoms with Crippen LogP contribution in [0.25, 0.3) is 22.1 Å². The summed E-state index contributed by atoms with van der Waals surface area (Å²) in [5, 5.41) is 6.91. The first-order valence-electron chi connectivity index (χ1n) is 9.77. The minimum atomic E-state index is -0.816. The molecule has 0 saturated carbocycles. The van der Waals surface area contributed by atoms with Crippen molar-refractivity contribution in [3.63, 3.8) is 0 Å². The van der Waals surface area contributed by atoms with Crippen molar-refractivity contribution in [1.82, 2.24) is 5.43 Å². The summed E-state index contributed by atoms with van der Waals surface area (Å²) in [6.45, 7) is 0.0922. The van der Waals surface area contributed by atoms with E-state index < -0.39 is 12.0 Å². The van der Waals surface area contributed by atoms with Crippen LogP contribution in [0.4, 0.5) is 0 Å². The zero-order chi connectivity index (χ0) is 22.1. The van der Waals surface area contributed by atoms with Gasteiger partial charge in [-0.05, 0) is 53.2 Å². The van der Waals surface area contributed by atoms with Gasteiger partial charge in [0.05, 0.1) is 16.3 Å². The highest BCUT2D eigenvalue weighted by atomic mass is 35.5. The van der Waals surface area contributed by atoms with Gasteiger partial charge in [-0.1, -0.05) is 47.5 Å². The molecule has 1 aliphatic rings. The maximum Gasteiger partial charge on any atom is 0.284 e. The van der Waals surface area contributed by atoms with Crippen molar-refractivity contribution < 1.29 is 18.7 Å². The largest absolute Gasteiger partial charge is 0.485 e. The van der Waals surface area contributed by atoms with Crippen molar-refractivity contribution in [3.8, 4) is 22.8 Å².